The molecule has 0 radical (unpaired) electrons. The van der Waals surface area contributed by atoms with Crippen LogP contribution in [0.2, 0.25) is 5.02 Å². The molecule has 0 unspecified atom stereocenters. The fourth-order valence-corrected chi connectivity index (χ4v) is 1.98. The fraction of sp³-hybridized carbons (Fsp3) is 0. The van der Waals surface area contributed by atoms with Gasteiger partial charge >= 0.3 is 5.97 Å². The predicted molar refractivity (Wildman–Crippen MR) is 75.9 cm³/mol. The van der Waals surface area contributed by atoms with E-state index in [2.05, 4.69) is 9.97 Å². The van der Waals surface area contributed by atoms with E-state index in [0.29, 0.717) is 21.9 Å². The maximum atomic E-state index is 12.0. The molecule has 98 valence electrons. The van der Waals surface area contributed by atoms with Gasteiger partial charge in [0.25, 0.3) is 0 Å². The second-order valence-electron chi connectivity index (χ2n) is 4.11. The van der Waals surface area contributed by atoms with Crippen molar-refractivity contribution in [2.24, 2.45) is 0 Å². The number of esters is 1. The molecular weight excluding hydrogens is 276 g/mol. The molecule has 0 atom stereocenters. The summed E-state index contributed by atoms with van der Waals surface area (Å²) in [5.74, 6) is -0.0429. The van der Waals surface area contributed by atoms with Crippen LogP contribution in [0.1, 0.15) is 10.4 Å². The smallest absolute Gasteiger partial charge is 0.343 e. The van der Waals surface area contributed by atoms with Gasteiger partial charge in [0, 0.05) is 23.5 Å². The van der Waals surface area contributed by atoms with E-state index in [1.165, 1.54) is 0 Å². The van der Waals surface area contributed by atoms with Crippen molar-refractivity contribution in [2.75, 3.05) is 0 Å². The zero-order valence-corrected chi connectivity index (χ0v) is 11.0. The standard InChI is InChI=1S/C15H9ClN2O2/c16-11-3-1-2-10(8-11)15(19)20-12-4-5-13-14(9-12)18-7-6-17-13/h1-9H. The molecule has 0 aliphatic heterocycles. The number of benzene rings is 2. The van der Waals surface area contributed by atoms with Crippen molar-refractivity contribution in [3.8, 4) is 5.75 Å². The lowest BCUT2D eigenvalue weighted by molar-refractivity contribution is 0.0735. The molecule has 0 N–H and O–H groups in total. The normalized spacial score (nSPS) is 10.4. The number of ether oxygens (including phenoxy) is 1. The lowest BCUT2D eigenvalue weighted by Gasteiger charge is -2.05. The second kappa shape index (κ2) is 5.27. The Bertz CT molecular complexity index is 789. The largest absolute Gasteiger partial charge is 0.423 e. The van der Waals surface area contributed by atoms with E-state index in [9.17, 15) is 4.79 Å². The minimum atomic E-state index is -0.462. The van der Waals surface area contributed by atoms with Gasteiger partial charge in [-0.25, -0.2) is 4.79 Å². The highest BCUT2D eigenvalue weighted by molar-refractivity contribution is 6.30. The zero-order valence-electron chi connectivity index (χ0n) is 10.3. The summed E-state index contributed by atoms with van der Waals surface area (Å²) in [6.45, 7) is 0. The molecule has 0 amide bonds. The first-order valence-corrected chi connectivity index (χ1v) is 6.29. The Hall–Kier alpha value is -2.46. The van der Waals surface area contributed by atoms with Crippen molar-refractivity contribution in [3.05, 3.63) is 65.4 Å². The molecule has 20 heavy (non-hydrogen) atoms. The van der Waals surface area contributed by atoms with Gasteiger partial charge in [0.15, 0.2) is 0 Å². The van der Waals surface area contributed by atoms with Crippen molar-refractivity contribution >= 4 is 28.6 Å². The molecule has 3 aromatic rings. The number of carbonyl (C=O) groups excluding carboxylic acids is 1. The Kier molecular flexibility index (Phi) is 3.31. The number of aromatic nitrogens is 2. The molecular formula is C15H9ClN2O2. The molecule has 0 bridgehead atoms. The van der Waals surface area contributed by atoms with Gasteiger partial charge in [-0.2, -0.15) is 0 Å². The van der Waals surface area contributed by atoms with Crippen LogP contribution >= 0.6 is 11.6 Å². The first-order chi connectivity index (χ1) is 9.72. The lowest BCUT2D eigenvalue weighted by atomic mass is 10.2. The molecule has 0 aliphatic carbocycles. The number of halogens is 1. The molecule has 1 aromatic heterocycles. The second-order valence-corrected chi connectivity index (χ2v) is 4.54. The van der Waals surface area contributed by atoms with Gasteiger partial charge in [0.2, 0.25) is 0 Å². The molecule has 0 saturated carbocycles. The lowest BCUT2D eigenvalue weighted by Crippen LogP contribution is -2.08. The van der Waals surface area contributed by atoms with Crippen molar-refractivity contribution in [1.82, 2.24) is 9.97 Å². The van der Waals surface area contributed by atoms with E-state index in [1.807, 2.05) is 0 Å². The monoisotopic (exact) mass is 284 g/mol. The van der Waals surface area contributed by atoms with Gasteiger partial charge < -0.3 is 4.74 Å². The van der Waals surface area contributed by atoms with Crippen LogP contribution in [0.15, 0.2) is 54.9 Å². The minimum absolute atomic E-state index is 0.400. The highest BCUT2D eigenvalue weighted by Crippen LogP contribution is 2.19. The first-order valence-electron chi connectivity index (χ1n) is 5.91. The molecule has 1 heterocycles. The summed E-state index contributed by atoms with van der Waals surface area (Å²) in [5.41, 5.74) is 1.82. The van der Waals surface area contributed by atoms with Crippen LogP contribution in [0.4, 0.5) is 0 Å². The molecule has 0 spiro atoms. The molecule has 2 aromatic carbocycles. The van der Waals surface area contributed by atoms with Gasteiger partial charge in [-0.15, -0.1) is 0 Å². The minimum Gasteiger partial charge on any atom is -0.423 e. The molecule has 5 heteroatoms. The Morgan fingerprint density at radius 3 is 2.60 bits per heavy atom. The third kappa shape index (κ3) is 2.60. The van der Waals surface area contributed by atoms with E-state index in [0.717, 1.165) is 5.52 Å². The number of fused-ring (bicyclic) bond motifs is 1. The van der Waals surface area contributed by atoms with Crippen molar-refractivity contribution in [1.29, 1.82) is 0 Å². The first kappa shape index (κ1) is 12.6. The quantitative estimate of drug-likeness (QED) is 0.534. The van der Waals surface area contributed by atoms with Crippen molar-refractivity contribution < 1.29 is 9.53 Å². The van der Waals surface area contributed by atoms with Crippen LogP contribution in [0, 0.1) is 0 Å². The maximum Gasteiger partial charge on any atom is 0.343 e. The van der Waals surface area contributed by atoms with Crippen molar-refractivity contribution in [2.45, 2.75) is 0 Å². The highest BCUT2D eigenvalue weighted by atomic mass is 35.5. The van der Waals surface area contributed by atoms with Gasteiger partial charge in [-0.3, -0.25) is 9.97 Å². The number of hydrogen-bond acceptors (Lipinski definition) is 4. The highest BCUT2D eigenvalue weighted by Gasteiger charge is 2.09. The third-order valence-corrected chi connectivity index (χ3v) is 2.95. The number of rotatable bonds is 2. The SMILES string of the molecule is O=C(Oc1ccc2nccnc2c1)c1cccc(Cl)c1. The third-order valence-electron chi connectivity index (χ3n) is 2.71. The summed E-state index contributed by atoms with van der Waals surface area (Å²) < 4.78 is 5.30. The predicted octanol–water partition coefficient (Wildman–Crippen LogP) is 3.50. The number of nitrogens with zero attached hydrogens (tertiary/aromatic N) is 2. The molecule has 0 aliphatic rings. The average molecular weight is 285 g/mol. The summed E-state index contributed by atoms with van der Waals surface area (Å²) in [7, 11) is 0. The van der Waals surface area contributed by atoms with Gasteiger partial charge in [-0.1, -0.05) is 17.7 Å². The Balaban J connectivity index is 1.87. The summed E-state index contributed by atoms with van der Waals surface area (Å²) in [6, 6.07) is 11.7. The number of hydrogen-bond donors (Lipinski definition) is 0. The molecule has 0 fully saturated rings. The maximum absolute atomic E-state index is 12.0. The van der Waals surface area contributed by atoms with Gasteiger partial charge in [0.05, 0.1) is 16.6 Å². The average Bonchev–Trinajstić information content (AvgIpc) is 2.47. The summed E-state index contributed by atoms with van der Waals surface area (Å²) in [6.07, 6.45) is 3.20. The van der Waals surface area contributed by atoms with Crippen LogP contribution in [-0.4, -0.2) is 15.9 Å². The Morgan fingerprint density at radius 2 is 1.80 bits per heavy atom. The molecule has 0 saturated heterocycles. The van der Waals surface area contributed by atoms with E-state index in [4.69, 9.17) is 16.3 Å². The van der Waals surface area contributed by atoms with Crippen LogP contribution in [0.5, 0.6) is 5.75 Å². The van der Waals surface area contributed by atoms with Crippen molar-refractivity contribution in [3.63, 3.8) is 0 Å². The van der Waals surface area contributed by atoms with E-state index in [1.54, 1.807) is 54.9 Å². The van der Waals surface area contributed by atoms with E-state index >= 15 is 0 Å². The van der Waals surface area contributed by atoms with Crippen LogP contribution in [0.3, 0.4) is 0 Å². The van der Waals surface area contributed by atoms with Gasteiger partial charge in [0.1, 0.15) is 5.75 Å². The zero-order chi connectivity index (χ0) is 13.9. The topological polar surface area (TPSA) is 52.1 Å². The number of carbonyl (C=O) groups is 1. The summed E-state index contributed by atoms with van der Waals surface area (Å²) in [5, 5.41) is 0.490. The fourth-order valence-electron chi connectivity index (χ4n) is 1.79. The Morgan fingerprint density at radius 1 is 1.00 bits per heavy atom. The van der Waals surface area contributed by atoms with Crippen LogP contribution in [0.25, 0.3) is 11.0 Å². The van der Waals surface area contributed by atoms with Crippen LogP contribution < -0.4 is 4.74 Å². The Labute approximate surface area is 120 Å². The molecule has 4 nitrogen and oxygen atoms in total. The van der Waals surface area contributed by atoms with E-state index < -0.39 is 5.97 Å². The van der Waals surface area contributed by atoms with Crippen LogP contribution in [-0.2, 0) is 0 Å². The molecule has 3 rings (SSSR count). The van der Waals surface area contributed by atoms with E-state index in [-0.39, 0.29) is 0 Å². The summed E-state index contributed by atoms with van der Waals surface area (Å²) >= 11 is 5.84. The van der Waals surface area contributed by atoms with Gasteiger partial charge in [-0.05, 0) is 30.3 Å². The summed E-state index contributed by atoms with van der Waals surface area (Å²) in [4.78, 5) is 20.3.